The van der Waals surface area contributed by atoms with Crippen molar-refractivity contribution < 1.29 is 14.6 Å². The molecule has 1 amide bonds. The molecule has 5 nitrogen and oxygen atoms in total. The minimum Gasteiger partial charge on any atom is -0.504 e. The molecule has 0 aromatic heterocycles. The summed E-state index contributed by atoms with van der Waals surface area (Å²) in [5.41, 5.74) is 6.12. The first-order valence-electron chi connectivity index (χ1n) is 4.88. The smallest absolute Gasteiger partial charge is 0.236 e. The molecular weight excluding hydrogens is 244 g/mol. The number of nitrogens with two attached hydrogens (primary N) is 1. The predicted molar refractivity (Wildman–Crippen MR) is 67.4 cm³/mol. The average Bonchev–Trinajstić information content (AvgIpc) is 2.30. The van der Waals surface area contributed by atoms with Gasteiger partial charge in [0.1, 0.15) is 0 Å². The number of phenols is 1. The number of aromatic hydroxyl groups is 1. The second kappa shape index (κ2) is 6.98. The third-order valence-corrected chi connectivity index (χ3v) is 2.26. The number of ether oxygens (including phenoxy) is 1. The number of nitrogens with zero attached hydrogens (tertiary/aromatic N) is 1. The first kappa shape index (κ1) is 15.5. The van der Waals surface area contributed by atoms with Crippen LogP contribution in [0.4, 0.5) is 0 Å². The third kappa shape index (κ3) is 4.13. The molecule has 0 saturated carbocycles. The number of benzene rings is 1. The van der Waals surface area contributed by atoms with E-state index in [1.54, 1.807) is 19.2 Å². The molecule has 0 aliphatic carbocycles. The van der Waals surface area contributed by atoms with Crippen LogP contribution in [0.15, 0.2) is 18.2 Å². The Morgan fingerprint density at radius 3 is 2.71 bits per heavy atom. The van der Waals surface area contributed by atoms with Gasteiger partial charge >= 0.3 is 0 Å². The third-order valence-electron chi connectivity index (χ3n) is 2.26. The van der Waals surface area contributed by atoms with Gasteiger partial charge in [-0.25, -0.2) is 0 Å². The molecular formula is C11H17ClN2O3. The van der Waals surface area contributed by atoms with Gasteiger partial charge in [-0.3, -0.25) is 4.79 Å². The summed E-state index contributed by atoms with van der Waals surface area (Å²) < 4.78 is 4.98. The molecule has 0 saturated heterocycles. The number of methoxy groups -OCH3 is 1. The maximum atomic E-state index is 11.3. The number of rotatable bonds is 4. The highest BCUT2D eigenvalue weighted by atomic mass is 35.5. The van der Waals surface area contributed by atoms with Crippen LogP contribution in [-0.4, -0.2) is 36.6 Å². The second-order valence-corrected chi connectivity index (χ2v) is 3.46. The molecule has 0 aliphatic heterocycles. The largest absolute Gasteiger partial charge is 0.504 e. The van der Waals surface area contributed by atoms with Crippen molar-refractivity contribution in [3.05, 3.63) is 23.8 Å². The fraction of sp³-hybridized carbons (Fsp3) is 0.364. The normalized spacial score (nSPS) is 9.35. The second-order valence-electron chi connectivity index (χ2n) is 3.46. The van der Waals surface area contributed by atoms with Crippen LogP contribution in [0, 0.1) is 0 Å². The topological polar surface area (TPSA) is 75.8 Å². The zero-order valence-corrected chi connectivity index (χ0v) is 10.7. The highest BCUT2D eigenvalue weighted by Gasteiger charge is 2.08. The van der Waals surface area contributed by atoms with Crippen LogP contribution >= 0.6 is 12.4 Å². The molecule has 0 fully saturated rings. The standard InChI is InChI=1S/C11H16N2O3.ClH/c1-13(11(15)6-12)7-8-3-4-9(14)10(5-8)16-2;/h3-5,14H,6-7,12H2,1-2H3;1H. The van der Waals surface area contributed by atoms with Crippen molar-refractivity contribution in [1.82, 2.24) is 4.90 Å². The molecule has 0 atom stereocenters. The van der Waals surface area contributed by atoms with Crippen molar-refractivity contribution in [1.29, 1.82) is 0 Å². The zero-order chi connectivity index (χ0) is 12.1. The molecule has 6 heteroatoms. The number of amides is 1. The van der Waals surface area contributed by atoms with Crippen molar-refractivity contribution in [2.24, 2.45) is 5.73 Å². The van der Waals surface area contributed by atoms with E-state index in [1.807, 2.05) is 0 Å². The Morgan fingerprint density at radius 2 is 2.18 bits per heavy atom. The molecule has 96 valence electrons. The summed E-state index contributed by atoms with van der Waals surface area (Å²) in [6.07, 6.45) is 0. The lowest BCUT2D eigenvalue weighted by molar-refractivity contribution is -0.128. The van der Waals surface area contributed by atoms with Crippen molar-refractivity contribution in [2.75, 3.05) is 20.7 Å². The summed E-state index contributed by atoms with van der Waals surface area (Å²) >= 11 is 0. The van der Waals surface area contributed by atoms with Gasteiger partial charge in [-0.1, -0.05) is 6.07 Å². The number of likely N-dealkylation sites (N-methyl/N-ethyl adjacent to an activating group) is 1. The lowest BCUT2D eigenvalue weighted by Crippen LogP contribution is -2.32. The van der Waals surface area contributed by atoms with E-state index in [1.165, 1.54) is 18.1 Å². The van der Waals surface area contributed by atoms with Gasteiger partial charge in [0.2, 0.25) is 5.91 Å². The minimum absolute atomic E-state index is 0. The fourth-order valence-electron chi connectivity index (χ4n) is 1.34. The van der Waals surface area contributed by atoms with Crippen LogP contribution in [0.25, 0.3) is 0 Å². The number of carbonyl (C=O) groups is 1. The Balaban J connectivity index is 0.00000256. The lowest BCUT2D eigenvalue weighted by atomic mass is 10.2. The average molecular weight is 261 g/mol. The van der Waals surface area contributed by atoms with E-state index in [9.17, 15) is 9.90 Å². The Bertz CT molecular complexity index is 385. The highest BCUT2D eigenvalue weighted by Crippen LogP contribution is 2.26. The summed E-state index contributed by atoms with van der Waals surface area (Å²) in [7, 11) is 3.15. The van der Waals surface area contributed by atoms with E-state index < -0.39 is 0 Å². The van der Waals surface area contributed by atoms with E-state index >= 15 is 0 Å². The molecule has 0 heterocycles. The summed E-state index contributed by atoms with van der Waals surface area (Å²) in [6.45, 7) is 0.429. The van der Waals surface area contributed by atoms with Gasteiger partial charge in [0.05, 0.1) is 13.7 Å². The summed E-state index contributed by atoms with van der Waals surface area (Å²) in [6, 6.07) is 4.96. The monoisotopic (exact) mass is 260 g/mol. The van der Waals surface area contributed by atoms with E-state index in [0.717, 1.165) is 5.56 Å². The first-order chi connectivity index (χ1) is 7.58. The minimum atomic E-state index is -0.132. The number of hydrogen-bond acceptors (Lipinski definition) is 4. The van der Waals surface area contributed by atoms with E-state index in [0.29, 0.717) is 12.3 Å². The highest BCUT2D eigenvalue weighted by molar-refractivity contribution is 5.85. The van der Waals surface area contributed by atoms with Crippen molar-refractivity contribution in [2.45, 2.75) is 6.54 Å². The quantitative estimate of drug-likeness (QED) is 0.837. The SMILES string of the molecule is COc1cc(CN(C)C(=O)CN)ccc1O.Cl. The van der Waals surface area contributed by atoms with Crippen molar-refractivity contribution in [3.63, 3.8) is 0 Å². The maximum Gasteiger partial charge on any atom is 0.236 e. The molecule has 1 rings (SSSR count). The van der Waals surface area contributed by atoms with Crippen LogP contribution in [-0.2, 0) is 11.3 Å². The molecule has 0 radical (unpaired) electrons. The van der Waals surface area contributed by atoms with Crippen molar-refractivity contribution in [3.8, 4) is 11.5 Å². The Labute approximate surface area is 107 Å². The molecule has 0 aliphatic rings. The van der Waals surface area contributed by atoms with Gasteiger partial charge in [0.15, 0.2) is 11.5 Å². The Hall–Kier alpha value is -1.46. The Morgan fingerprint density at radius 1 is 1.53 bits per heavy atom. The molecule has 0 spiro atoms. The van der Waals surface area contributed by atoms with Crippen LogP contribution in [0.5, 0.6) is 11.5 Å². The lowest BCUT2D eigenvalue weighted by Gasteiger charge is -2.16. The Kier molecular flexibility index (Phi) is 6.38. The van der Waals surface area contributed by atoms with Gasteiger partial charge in [0, 0.05) is 13.6 Å². The van der Waals surface area contributed by atoms with Crippen LogP contribution in [0.3, 0.4) is 0 Å². The van der Waals surface area contributed by atoms with E-state index in [-0.39, 0.29) is 30.6 Å². The fourth-order valence-corrected chi connectivity index (χ4v) is 1.34. The predicted octanol–water partition coefficient (Wildman–Crippen LogP) is 0.740. The molecule has 1 aromatic carbocycles. The van der Waals surface area contributed by atoms with Crippen molar-refractivity contribution >= 4 is 18.3 Å². The van der Waals surface area contributed by atoms with Gasteiger partial charge in [-0.15, -0.1) is 12.4 Å². The molecule has 0 unspecified atom stereocenters. The first-order valence-corrected chi connectivity index (χ1v) is 4.88. The molecule has 1 aromatic rings. The number of hydrogen-bond donors (Lipinski definition) is 2. The van der Waals surface area contributed by atoms with Gasteiger partial charge < -0.3 is 20.5 Å². The number of carbonyl (C=O) groups excluding carboxylic acids is 1. The maximum absolute atomic E-state index is 11.3. The zero-order valence-electron chi connectivity index (χ0n) is 9.84. The van der Waals surface area contributed by atoms with Crippen LogP contribution < -0.4 is 10.5 Å². The molecule has 17 heavy (non-hydrogen) atoms. The van der Waals surface area contributed by atoms with Gasteiger partial charge in [0.25, 0.3) is 0 Å². The number of phenolic OH excluding ortho intramolecular Hbond substituents is 1. The van der Waals surface area contributed by atoms with E-state index in [2.05, 4.69) is 0 Å². The molecule has 0 bridgehead atoms. The van der Waals surface area contributed by atoms with E-state index in [4.69, 9.17) is 10.5 Å². The molecule has 3 N–H and O–H groups in total. The number of halogens is 1. The van der Waals surface area contributed by atoms with Gasteiger partial charge in [-0.05, 0) is 17.7 Å². The van der Waals surface area contributed by atoms with Gasteiger partial charge in [-0.2, -0.15) is 0 Å². The van der Waals surface area contributed by atoms with Crippen LogP contribution in [0.1, 0.15) is 5.56 Å². The summed E-state index contributed by atoms with van der Waals surface area (Å²) in [5.74, 6) is 0.345. The van der Waals surface area contributed by atoms with Crippen LogP contribution in [0.2, 0.25) is 0 Å². The summed E-state index contributed by atoms with van der Waals surface area (Å²) in [4.78, 5) is 12.8. The summed E-state index contributed by atoms with van der Waals surface area (Å²) in [5, 5.41) is 9.40.